The first-order chi connectivity index (χ1) is 10.5. The van der Waals surface area contributed by atoms with Crippen molar-refractivity contribution in [3.8, 4) is 5.75 Å². The second-order valence-corrected chi connectivity index (χ2v) is 5.07. The molecule has 0 aliphatic heterocycles. The smallest absolute Gasteiger partial charge is 0.255 e. The average Bonchev–Trinajstić information content (AvgIpc) is 3.03. The minimum absolute atomic E-state index is 0.179. The standard InChI is InChI=1S/C16H18N2O4/c1-11(17-15(20)13-7-8-22-10-13)16(21)18(2)9-12-3-5-14(19)6-4-12/h3-8,10-11,19H,9H2,1-2H3,(H,17,20)/t11-/m0/s1. The second kappa shape index (κ2) is 6.80. The van der Waals surface area contributed by atoms with Gasteiger partial charge in [0.05, 0.1) is 11.8 Å². The fourth-order valence-electron chi connectivity index (χ4n) is 2.02. The molecule has 0 fully saturated rings. The van der Waals surface area contributed by atoms with E-state index in [1.165, 1.54) is 23.5 Å². The Labute approximate surface area is 128 Å². The van der Waals surface area contributed by atoms with Gasteiger partial charge in [-0.1, -0.05) is 12.1 Å². The van der Waals surface area contributed by atoms with E-state index in [0.717, 1.165) is 5.56 Å². The normalized spacial score (nSPS) is 11.7. The van der Waals surface area contributed by atoms with Crippen molar-refractivity contribution in [2.24, 2.45) is 0 Å². The minimum Gasteiger partial charge on any atom is -0.508 e. The molecule has 1 atom stereocenters. The second-order valence-electron chi connectivity index (χ2n) is 5.07. The lowest BCUT2D eigenvalue weighted by molar-refractivity contribution is -0.132. The van der Waals surface area contributed by atoms with Crippen LogP contribution in [-0.2, 0) is 11.3 Å². The van der Waals surface area contributed by atoms with E-state index in [0.29, 0.717) is 12.1 Å². The van der Waals surface area contributed by atoms with Gasteiger partial charge >= 0.3 is 0 Å². The first-order valence-electron chi connectivity index (χ1n) is 6.83. The van der Waals surface area contributed by atoms with Gasteiger partial charge in [0.1, 0.15) is 18.1 Å². The van der Waals surface area contributed by atoms with Gasteiger partial charge in [0.25, 0.3) is 5.91 Å². The minimum atomic E-state index is -0.649. The van der Waals surface area contributed by atoms with E-state index in [1.54, 1.807) is 38.2 Å². The molecular formula is C16H18N2O4. The van der Waals surface area contributed by atoms with Crippen LogP contribution in [0, 0.1) is 0 Å². The number of furan rings is 1. The Bertz CT molecular complexity index is 635. The van der Waals surface area contributed by atoms with Crippen molar-refractivity contribution >= 4 is 11.8 Å². The molecular weight excluding hydrogens is 284 g/mol. The number of phenolic OH excluding ortho intramolecular Hbond substituents is 1. The van der Waals surface area contributed by atoms with Gasteiger partial charge in [-0.05, 0) is 30.7 Å². The number of carbonyl (C=O) groups excluding carboxylic acids is 2. The molecule has 2 N–H and O–H groups in total. The summed E-state index contributed by atoms with van der Waals surface area (Å²) >= 11 is 0. The highest BCUT2D eigenvalue weighted by atomic mass is 16.3. The van der Waals surface area contributed by atoms with Crippen LogP contribution in [0.5, 0.6) is 5.75 Å². The Morgan fingerprint density at radius 3 is 2.55 bits per heavy atom. The third-order valence-corrected chi connectivity index (χ3v) is 3.23. The van der Waals surface area contributed by atoms with Crippen LogP contribution in [0.15, 0.2) is 47.3 Å². The summed E-state index contributed by atoms with van der Waals surface area (Å²) in [5.41, 5.74) is 1.27. The van der Waals surface area contributed by atoms with Crippen molar-refractivity contribution in [3.05, 3.63) is 54.0 Å². The van der Waals surface area contributed by atoms with Crippen molar-refractivity contribution in [3.63, 3.8) is 0 Å². The zero-order valence-electron chi connectivity index (χ0n) is 12.4. The van der Waals surface area contributed by atoms with Crippen LogP contribution < -0.4 is 5.32 Å². The van der Waals surface area contributed by atoms with Crippen LogP contribution in [-0.4, -0.2) is 34.9 Å². The van der Waals surface area contributed by atoms with Crippen LogP contribution in [0.3, 0.4) is 0 Å². The summed E-state index contributed by atoms with van der Waals surface area (Å²) in [7, 11) is 1.66. The van der Waals surface area contributed by atoms with Crippen LogP contribution in [0.25, 0.3) is 0 Å². The number of rotatable bonds is 5. The monoisotopic (exact) mass is 302 g/mol. The number of nitrogens with one attached hydrogen (secondary N) is 1. The lowest BCUT2D eigenvalue weighted by Crippen LogP contribution is -2.45. The Morgan fingerprint density at radius 2 is 1.95 bits per heavy atom. The van der Waals surface area contributed by atoms with E-state index in [2.05, 4.69) is 5.32 Å². The number of carbonyl (C=O) groups is 2. The van der Waals surface area contributed by atoms with Gasteiger partial charge in [-0.2, -0.15) is 0 Å². The maximum atomic E-state index is 12.3. The molecule has 0 aliphatic rings. The Kier molecular flexibility index (Phi) is 4.83. The van der Waals surface area contributed by atoms with E-state index >= 15 is 0 Å². The van der Waals surface area contributed by atoms with Gasteiger partial charge in [0, 0.05) is 13.6 Å². The molecule has 0 saturated heterocycles. The van der Waals surface area contributed by atoms with E-state index in [-0.39, 0.29) is 17.6 Å². The molecule has 0 saturated carbocycles. The number of benzene rings is 1. The number of likely N-dealkylation sites (N-methyl/N-ethyl adjacent to an activating group) is 1. The van der Waals surface area contributed by atoms with Crippen LogP contribution in [0.1, 0.15) is 22.8 Å². The largest absolute Gasteiger partial charge is 0.508 e. The fraction of sp³-hybridized carbons (Fsp3) is 0.250. The molecule has 116 valence electrons. The quantitative estimate of drug-likeness (QED) is 0.881. The summed E-state index contributed by atoms with van der Waals surface area (Å²) in [6.07, 6.45) is 2.73. The lowest BCUT2D eigenvalue weighted by Gasteiger charge is -2.22. The molecule has 0 spiro atoms. The summed E-state index contributed by atoms with van der Waals surface area (Å²) < 4.78 is 4.84. The van der Waals surface area contributed by atoms with Gasteiger partial charge in [0.15, 0.2) is 0 Å². The van der Waals surface area contributed by atoms with Crippen LogP contribution in [0.2, 0.25) is 0 Å². The van der Waals surface area contributed by atoms with Crippen LogP contribution >= 0.6 is 0 Å². The number of phenols is 1. The van der Waals surface area contributed by atoms with Gasteiger partial charge in [0.2, 0.25) is 5.91 Å². The zero-order valence-corrected chi connectivity index (χ0v) is 12.4. The number of nitrogens with zero attached hydrogens (tertiary/aromatic N) is 1. The highest BCUT2D eigenvalue weighted by Gasteiger charge is 2.20. The number of hydrogen-bond donors (Lipinski definition) is 2. The lowest BCUT2D eigenvalue weighted by atomic mass is 10.2. The molecule has 1 aromatic carbocycles. The highest BCUT2D eigenvalue weighted by Crippen LogP contribution is 2.11. The average molecular weight is 302 g/mol. The predicted molar refractivity (Wildman–Crippen MR) is 80.2 cm³/mol. The van der Waals surface area contributed by atoms with E-state index in [9.17, 15) is 14.7 Å². The molecule has 2 aromatic rings. The highest BCUT2D eigenvalue weighted by molar-refractivity contribution is 5.97. The Hall–Kier alpha value is -2.76. The van der Waals surface area contributed by atoms with Gasteiger partial charge in [-0.15, -0.1) is 0 Å². The van der Waals surface area contributed by atoms with E-state index in [4.69, 9.17) is 4.42 Å². The van der Waals surface area contributed by atoms with Crippen molar-refractivity contribution in [2.75, 3.05) is 7.05 Å². The van der Waals surface area contributed by atoms with E-state index in [1.807, 2.05) is 0 Å². The maximum absolute atomic E-state index is 12.3. The third kappa shape index (κ3) is 3.88. The molecule has 0 aliphatic carbocycles. The molecule has 1 aromatic heterocycles. The van der Waals surface area contributed by atoms with Crippen molar-refractivity contribution in [1.29, 1.82) is 0 Å². The summed E-state index contributed by atoms with van der Waals surface area (Å²) in [6.45, 7) is 2.03. The van der Waals surface area contributed by atoms with Gasteiger partial charge in [-0.25, -0.2) is 0 Å². The Morgan fingerprint density at radius 1 is 1.27 bits per heavy atom. The molecule has 22 heavy (non-hydrogen) atoms. The molecule has 1 heterocycles. The predicted octanol–water partition coefficient (Wildman–Crippen LogP) is 1.76. The summed E-state index contributed by atoms with van der Waals surface area (Å²) in [4.78, 5) is 25.6. The van der Waals surface area contributed by atoms with Gasteiger partial charge < -0.3 is 19.7 Å². The molecule has 6 heteroatoms. The molecule has 2 rings (SSSR count). The van der Waals surface area contributed by atoms with Gasteiger partial charge in [-0.3, -0.25) is 9.59 Å². The third-order valence-electron chi connectivity index (χ3n) is 3.23. The molecule has 2 amide bonds. The number of amides is 2. The van der Waals surface area contributed by atoms with E-state index < -0.39 is 6.04 Å². The first kappa shape index (κ1) is 15.6. The maximum Gasteiger partial charge on any atom is 0.255 e. The topological polar surface area (TPSA) is 82.8 Å². The first-order valence-corrected chi connectivity index (χ1v) is 6.83. The molecule has 0 unspecified atom stereocenters. The van der Waals surface area contributed by atoms with Crippen molar-refractivity contribution in [2.45, 2.75) is 19.5 Å². The number of hydrogen-bond acceptors (Lipinski definition) is 4. The molecule has 0 bridgehead atoms. The Balaban J connectivity index is 1.92. The molecule has 6 nitrogen and oxygen atoms in total. The summed E-state index contributed by atoms with van der Waals surface area (Å²) in [5.74, 6) is -0.379. The van der Waals surface area contributed by atoms with Crippen molar-refractivity contribution < 1.29 is 19.1 Å². The number of aromatic hydroxyl groups is 1. The molecule has 0 radical (unpaired) electrons. The fourth-order valence-corrected chi connectivity index (χ4v) is 2.02. The SMILES string of the molecule is C[C@H](NC(=O)c1ccoc1)C(=O)N(C)Cc1ccc(O)cc1. The summed E-state index contributed by atoms with van der Waals surface area (Å²) in [5, 5.41) is 11.9. The van der Waals surface area contributed by atoms with Crippen LogP contribution in [0.4, 0.5) is 0 Å². The zero-order chi connectivity index (χ0) is 16.1. The van der Waals surface area contributed by atoms with Crippen molar-refractivity contribution in [1.82, 2.24) is 10.2 Å². The summed E-state index contributed by atoms with van der Waals surface area (Å²) in [6, 6.07) is 7.51.